The van der Waals surface area contributed by atoms with E-state index in [2.05, 4.69) is 5.32 Å². The van der Waals surface area contributed by atoms with Gasteiger partial charge in [0.1, 0.15) is 5.82 Å². The minimum Gasteiger partial charge on any atom is -0.313 e. The lowest BCUT2D eigenvalue weighted by atomic mass is 10.1. The van der Waals surface area contributed by atoms with E-state index in [0.717, 1.165) is 6.07 Å². The monoisotopic (exact) mass is 393 g/mol. The Bertz CT molecular complexity index is 994. The van der Waals surface area contributed by atoms with Crippen LogP contribution in [0.15, 0.2) is 41.3 Å². The van der Waals surface area contributed by atoms with Gasteiger partial charge in [-0.2, -0.15) is 4.31 Å². The Hall–Kier alpha value is -2.36. The van der Waals surface area contributed by atoms with Crippen LogP contribution < -0.4 is 5.32 Å². The van der Waals surface area contributed by atoms with Crippen LogP contribution in [0, 0.1) is 29.8 Å². The summed E-state index contributed by atoms with van der Waals surface area (Å²) in [6, 6.07) is 7.68. The number of aryl methyl sites for hydroxylation is 1. The van der Waals surface area contributed by atoms with Gasteiger partial charge >= 0.3 is 0 Å². The third-order valence-corrected chi connectivity index (χ3v) is 6.86. The van der Waals surface area contributed by atoms with Crippen LogP contribution in [0.2, 0.25) is 0 Å². The van der Waals surface area contributed by atoms with E-state index in [0.29, 0.717) is 29.8 Å². The highest BCUT2D eigenvalue weighted by Crippen LogP contribution is 2.33. The van der Waals surface area contributed by atoms with Gasteiger partial charge in [0.05, 0.1) is 15.9 Å². The van der Waals surface area contributed by atoms with E-state index in [4.69, 9.17) is 0 Å². The topological polar surface area (TPSA) is 92.5 Å². The SMILES string of the molecule is Cc1cc([N+](=O)[O-])cc(S(=O)(=O)N2CCNCC2c2cccc(F)c2)c1C. The van der Waals surface area contributed by atoms with Crippen LogP contribution in [0.5, 0.6) is 0 Å². The number of hydrogen-bond donors (Lipinski definition) is 1. The van der Waals surface area contributed by atoms with Crippen LogP contribution in [0.3, 0.4) is 0 Å². The molecule has 2 aromatic rings. The van der Waals surface area contributed by atoms with Crippen molar-refractivity contribution < 1.29 is 17.7 Å². The lowest BCUT2D eigenvalue weighted by Gasteiger charge is -2.35. The van der Waals surface area contributed by atoms with Gasteiger partial charge in [-0.05, 0) is 42.7 Å². The molecule has 1 unspecified atom stereocenters. The van der Waals surface area contributed by atoms with Crippen molar-refractivity contribution in [2.45, 2.75) is 24.8 Å². The van der Waals surface area contributed by atoms with Crippen LogP contribution >= 0.6 is 0 Å². The number of nitro benzene ring substituents is 1. The summed E-state index contributed by atoms with van der Waals surface area (Å²) in [6.07, 6.45) is 0. The molecule has 1 aliphatic heterocycles. The fourth-order valence-electron chi connectivity index (χ4n) is 3.28. The molecule has 3 rings (SSSR count). The maximum atomic E-state index is 13.7. The minimum absolute atomic E-state index is 0.0856. The summed E-state index contributed by atoms with van der Waals surface area (Å²) in [5, 5.41) is 14.3. The normalized spacial score (nSPS) is 18.4. The van der Waals surface area contributed by atoms with Crippen molar-refractivity contribution in [1.82, 2.24) is 9.62 Å². The first-order chi connectivity index (χ1) is 12.7. The molecule has 9 heteroatoms. The number of nitrogens with one attached hydrogen (secondary N) is 1. The second-order valence-electron chi connectivity index (χ2n) is 6.53. The molecule has 2 aromatic carbocycles. The Morgan fingerprint density at radius 2 is 2.00 bits per heavy atom. The van der Waals surface area contributed by atoms with Crippen LogP contribution in [-0.4, -0.2) is 37.3 Å². The third kappa shape index (κ3) is 3.71. The molecular weight excluding hydrogens is 373 g/mol. The number of halogens is 1. The van der Waals surface area contributed by atoms with Crippen LogP contribution in [-0.2, 0) is 10.0 Å². The van der Waals surface area contributed by atoms with Gasteiger partial charge in [0.15, 0.2) is 0 Å². The zero-order valence-corrected chi connectivity index (χ0v) is 15.8. The number of sulfonamides is 1. The van der Waals surface area contributed by atoms with Crippen LogP contribution in [0.25, 0.3) is 0 Å². The van der Waals surface area contributed by atoms with Gasteiger partial charge in [0, 0.05) is 31.8 Å². The Kier molecular flexibility index (Phi) is 5.27. The highest BCUT2D eigenvalue weighted by molar-refractivity contribution is 7.89. The van der Waals surface area contributed by atoms with Gasteiger partial charge in [-0.15, -0.1) is 0 Å². The predicted molar refractivity (Wildman–Crippen MR) is 98.5 cm³/mol. The number of non-ortho nitro benzene ring substituents is 1. The van der Waals surface area contributed by atoms with Crippen molar-refractivity contribution in [2.24, 2.45) is 0 Å². The Morgan fingerprint density at radius 1 is 1.26 bits per heavy atom. The van der Waals surface area contributed by atoms with Crippen molar-refractivity contribution >= 4 is 15.7 Å². The molecule has 0 aliphatic carbocycles. The zero-order valence-electron chi connectivity index (χ0n) is 15.0. The van der Waals surface area contributed by atoms with Crippen LogP contribution in [0.4, 0.5) is 10.1 Å². The molecule has 1 saturated heterocycles. The summed E-state index contributed by atoms with van der Waals surface area (Å²) in [5.41, 5.74) is 1.26. The molecule has 0 radical (unpaired) electrons. The Morgan fingerprint density at radius 3 is 2.67 bits per heavy atom. The zero-order chi connectivity index (χ0) is 19.8. The maximum Gasteiger partial charge on any atom is 0.271 e. The van der Waals surface area contributed by atoms with Gasteiger partial charge in [0.2, 0.25) is 10.0 Å². The van der Waals surface area contributed by atoms with Crippen molar-refractivity contribution in [2.75, 3.05) is 19.6 Å². The molecule has 0 amide bonds. The van der Waals surface area contributed by atoms with Crippen molar-refractivity contribution in [3.8, 4) is 0 Å². The van der Waals surface area contributed by atoms with E-state index >= 15 is 0 Å². The fourth-order valence-corrected chi connectivity index (χ4v) is 5.21. The smallest absolute Gasteiger partial charge is 0.271 e. The van der Waals surface area contributed by atoms with Gasteiger partial charge in [-0.25, -0.2) is 12.8 Å². The fraction of sp³-hybridized carbons (Fsp3) is 0.333. The molecular formula is C18H20FN3O4S. The first-order valence-electron chi connectivity index (χ1n) is 8.45. The van der Waals surface area contributed by atoms with E-state index in [1.54, 1.807) is 19.9 Å². The van der Waals surface area contributed by atoms with E-state index in [1.807, 2.05) is 0 Å². The lowest BCUT2D eigenvalue weighted by molar-refractivity contribution is -0.385. The van der Waals surface area contributed by atoms with Gasteiger partial charge in [-0.1, -0.05) is 12.1 Å². The number of rotatable bonds is 4. The molecule has 1 aliphatic rings. The molecule has 0 aromatic heterocycles. The molecule has 1 heterocycles. The number of nitrogens with zero attached hydrogens (tertiary/aromatic N) is 2. The van der Waals surface area contributed by atoms with E-state index in [-0.39, 0.29) is 17.1 Å². The summed E-state index contributed by atoms with van der Waals surface area (Å²) in [5.74, 6) is -0.446. The standard InChI is InChI=1S/C18H20FN3O4S/c1-12-8-16(22(23)24)10-18(13(12)2)27(25,26)21-7-6-20-11-17(21)14-4-3-5-15(19)9-14/h3-5,8-10,17,20H,6-7,11H2,1-2H3. The molecule has 1 atom stereocenters. The molecule has 7 nitrogen and oxygen atoms in total. The largest absolute Gasteiger partial charge is 0.313 e. The Balaban J connectivity index is 2.11. The molecule has 1 fully saturated rings. The van der Waals surface area contributed by atoms with E-state index in [9.17, 15) is 22.9 Å². The lowest BCUT2D eigenvalue weighted by Crippen LogP contribution is -2.48. The van der Waals surface area contributed by atoms with E-state index < -0.39 is 26.8 Å². The van der Waals surface area contributed by atoms with Crippen molar-refractivity contribution in [3.63, 3.8) is 0 Å². The summed E-state index contributed by atoms with van der Waals surface area (Å²) in [7, 11) is -4.01. The number of benzene rings is 2. The highest BCUT2D eigenvalue weighted by Gasteiger charge is 2.36. The van der Waals surface area contributed by atoms with Crippen LogP contribution in [0.1, 0.15) is 22.7 Å². The van der Waals surface area contributed by atoms with Gasteiger partial charge < -0.3 is 5.32 Å². The predicted octanol–water partition coefficient (Wildman–Crippen LogP) is 2.69. The molecule has 1 N–H and O–H groups in total. The first kappa shape index (κ1) is 19.4. The number of piperazine rings is 1. The summed E-state index contributed by atoms with van der Waals surface area (Å²) >= 11 is 0. The van der Waals surface area contributed by atoms with E-state index in [1.165, 1.54) is 28.6 Å². The van der Waals surface area contributed by atoms with Crippen molar-refractivity contribution in [3.05, 3.63) is 69.0 Å². The molecule has 27 heavy (non-hydrogen) atoms. The summed E-state index contributed by atoms with van der Waals surface area (Å²) in [6.45, 7) is 4.23. The highest BCUT2D eigenvalue weighted by atomic mass is 32.2. The molecule has 0 bridgehead atoms. The molecule has 144 valence electrons. The van der Waals surface area contributed by atoms with Gasteiger partial charge in [-0.3, -0.25) is 10.1 Å². The number of hydrogen-bond acceptors (Lipinski definition) is 5. The maximum absolute atomic E-state index is 13.7. The average molecular weight is 393 g/mol. The summed E-state index contributed by atoms with van der Waals surface area (Å²) in [4.78, 5) is 10.5. The minimum atomic E-state index is -4.01. The van der Waals surface area contributed by atoms with Crippen molar-refractivity contribution in [1.29, 1.82) is 0 Å². The molecule has 0 spiro atoms. The first-order valence-corrected chi connectivity index (χ1v) is 9.89. The quantitative estimate of drug-likeness (QED) is 0.637. The van der Waals surface area contributed by atoms with Gasteiger partial charge in [0.25, 0.3) is 5.69 Å². The summed E-state index contributed by atoms with van der Waals surface area (Å²) < 4.78 is 41.7. The third-order valence-electron chi connectivity index (χ3n) is 4.83. The second kappa shape index (κ2) is 7.34. The Labute approximate surface area is 157 Å². The second-order valence-corrected chi connectivity index (χ2v) is 8.39. The number of nitro groups is 1. The average Bonchev–Trinajstić information content (AvgIpc) is 2.63. The molecule has 0 saturated carbocycles.